The van der Waals surface area contributed by atoms with Crippen LogP contribution in [0.5, 0.6) is 0 Å². The molecule has 8 aromatic carbocycles. The Morgan fingerprint density at radius 3 is 1.42 bits per heavy atom. The van der Waals surface area contributed by atoms with E-state index in [1.807, 2.05) is 48.8 Å². The van der Waals surface area contributed by atoms with E-state index in [2.05, 4.69) is 183 Å². The van der Waals surface area contributed by atoms with Crippen LogP contribution in [0.25, 0.3) is 31.3 Å². The number of anilines is 9. The molecule has 0 aliphatic carbocycles. The monoisotopic (exact) mass is 780 g/mol. The fourth-order valence-corrected chi connectivity index (χ4v) is 8.98. The zero-order valence-corrected chi connectivity index (χ0v) is 32.8. The number of hydrogen-bond donors (Lipinski definition) is 0. The molecule has 2 aromatic heterocycles. The Hall–Kier alpha value is -7.54. The molecule has 0 radical (unpaired) electrons. The van der Waals surface area contributed by atoms with E-state index < -0.39 is 0 Å². The van der Waals surface area contributed by atoms with Gasteiger partial charge in [-0.15, -0.1) is 11.3 Å². The molecule has 4 nitrogen and oxygen atoms in total. The highest BCUT2D eigenvalue weighted by atomic mass is 32.1. The zero-order valence-electron chi connectivity index (χ0n) is 31.9. The Morgan fingerprint density at radius 2 is 0.814 bits per heavy atom. The summed E-state index contributed by atoms with van der Waals surface area (Å²) in [6.45, 7) is 0. The molecular weight excluding hydrogens is 744 g/mol. The van der Waals surface area contributed by atoms with Crippen molar-refractivity contribution in [3.63, 3.8) is 0 Å². The summed E-state index contributed by atoms with van der Waals surface area (Å²) in [6.07, 6.45) is 3.72. The molecule has 0 unspecified atom stereocenters. The quantitative estimate of drug-likeness (QED) is 0.138. The first-order valence-corrected chi connectivity index (χ1v) is 20.4. The van der Waals surface area contributed by atoms with Gasteiger partial charge in [-0.2, -0.15) is 0 Å². The summed E-state index contributed by atoms with van der Waals surface area (Å²) in [6, 6.07) is 72.7. The van der Waals surface area contributed by atoms with E-state index in [0.717, 1.165) is 62.3 Å². The van der Waals surface area contributed by atoms with Gasteiger partial charge >= 0.3 is 0 Å². The summed E-state index contributed by atoms with van der Waals surface area (Å²) in [5, 5.41) is 2.47. The van der Waals surface area contributed by atoms with Gasteiger partial charge in [0.2, 0.25) is 0 Å². The highest BCUT2D eigenvalue weighted by Gasteiger charge is 2.21. The molecule has 0 aliphatic heterocycles. The first-order valence-electron chi connectivity index (χ1n) is 19.5. The SMILES string of the molecule is Fc1ccc(N(c2cccc(N(c3ccccc3)c3cc(-c4cccnc4)cc(N(c4ccccc4)c4ccccc4)c3)c2)c2ccc3c(c2)sc2ccccc23)cc1. The van der Waals surface area contributed by atoms with E-state index in [0.29, 0.717) is 0 Å². The standard InChI is InChI=1S/C53H37FN4S/c54-40-25-27-44(28-26-40)57(47-29-30-51-50-23-10-11-24-52(50)59-53(51)36-47)45-21-12-22-46(34-45)58(43-19-8-3-9-20-43)49-33-39(38-14-13-31-55-37-38)32-48(35-49)56(41-15-4-1-5-16-41)42-17-6-2-7-18-42/h1-37H. The van der Waals surface area contributed by atoms with Crippen LogP contribution in [0.3, 0.4) is 0 Å². The third-order valence-corrected chi connectivity index (χ3v) is 11.6. The molecule has 0 atom stereocenters. The largest absolute Gasteiger partial charge is 0.310 e. The lowest BCUT2D eigenvalue weighted by Crippen LogP contribution is -2.15. The number of benzene rings is 8. The number of halogens is 1. The van der Waals surface area contributed by atoms with Crippen molar-refractivity contribution in [1.82, 2.24) is 4.98 Å². The molecule has 0 fully saturated rings. The van der Waals surface area contributed by atoms with E-state index in [9.17, 15) is 4.39 Å². The van der Waals surface area contributed by atoms with Crippen molar-refractivity contribution in [2.45, 2.75) is 0 Å². The highest BCUT2D eigenvalue weighted by molar-refractivity contribution is 7.25. The molecule has 0 bridgehead atoms. The molecule has 0 aliphatic rings. The third kappa shape index (κ3) is 7.18. The number of aromatic nitrogens is 1. The van der Waals surface area contributed by atoms with Gasteiger partial charge in [0.15, 0.2) is 0 Å². The van der Waals surface area contributed by atoms with Crippen LogP contribution in [0.2, 0.25) is 0 Å². The van der Waals surface area contributed by atoms with E-state index in [1.165, 1.54) is 32.3 Å². The molecule has 6 heteroatoms. The summed E-state index contributed by atoms with van der Waals surface area (Å²) in [5.74, 6) is -0.276. The summed E-state index contributed by atoms with van der Waals surface area (Å²) in [7, 11) is 0. The van der Waals surface area contributed by atoms with Crippen LogP contribution < -0.4 is 14.7 Å². The van der Waals surface area contributed by atoms with Gasteiger partial charge in [0.1, 0.15) is 5.82 Å². The first kappa shape index (κ1) is 35.8. The Kier molecular flexibility index (Phi) is 9.58. The third-order valence-electron chi connectivity index (χ3n) is 10.5. The summed E-state index contributed by atoms with van der Waals surface area (Å²) in [5.41, 5.74) is 10.9. The minimum absolute atomic E-state index is 0.276. The molecule has 0 saturated carbocycles. The number of fused-ring (bicyclic) bond motifs is 3. The van der Waals surface area contributed by atoms with E-state index in [1.54, 1.807) is 11.3 Å². The topological polar surface area (TPSA) is 22.6 Å². The first-order chi connectivity index (χ1) is 29.2. The minimum Gasteiger partial charge on any atom is -0.310 e. The molecule has 0 spiro atoms. The fraction of sp³-hybridized carbons (Fsp3) is 0. The van der Waals surface area contributed by atoms with Gasteiger partial charge in [0.05, 0.1) is 0 Å². The van der Waals surface area contributed by atoms with E-state index in [-0.39, 0.29) is 5.82 Å². The molecule has 282 valence electrons. The Bertz CT molecular complexity index is 2970. The summed E-state index contributed by atoms with van der Waals surface area (Å²) >= 11 is 1.79. The molecule has 10 aromatic rings. The maximum atomic E-state index is 14.5. The lowest BCUT2D eigenvalue weighted by Gasteiger charge is -2.31. The van der Waals surface area contributed by atoms with E-state index in [4.69, 9.17) is 0 Å². The predicted molar refractivity (Wildman–Crippen MR) is 247 cm³/mol. The van der Waals surface area contributed by atoms with Crippen molar-refractivity contribution < 1.29 is 4.39 Å². The molecule has 2 heterocycles. The van der Waals surface area contributed by atoms with Crippen LogP contribution in [-0.4, -0.2) is 4.98 Å². The summed E-state index contributed by atoms with van der Waals surface area (Å²) in [4.78, 5) is 11.3. The highest BCUT2D eigenvalue weighted by Crippen LogP contribution is 2.46. The molecule has 0 amide bonds. The van der Waals surface area contributed by atoms with Gasteiger partial charge in [-0.05, 0) is 127 Å². The number of rotatable bonds is 10. The Balaban J connectivity index is 1.17. The lowest BCUT2D eigenvalue weighted by molar-refractivity contribution is 0.628. The molecular formula is C53H37FN4S. The molecule has 59 heavy (non-hydrogen) atoms. The van der Waals surface area contributed by atoms with Crippen LogP contribution in [-0.2, 0) is 0 Å². The van der Waals surface area contributed by atoms with Crippen molar-refractivity contribution in [2.24, 2.45) is 0 Å². The fourth-order valence-electron chi connectivity index (χ4n) is 7.84. The Morgan fingerprint density at radius 1 is 0.339 bits per heavy atom. The van der Waals surface area contributed by atoms with E-state index >= 15 is 0 Å². The van der Waals surface area contributed by atoms with Gasteiger partial charge in [-0.1, -0.05) is 91.0 Å². The summed E-state index contributed by atoms with van der Waals surface area (Å²) < 4.78 is 16.9. The number of para-hydroxylation sites is 3. The molecule has 0 N–H and O–H groups in total. The van der Waals surface area contributed by atoms with Gasteiger partial charge in [-0.25, -0.2) is 4.39 Å². The van der Waals surface area contributed by atoms with Gasteiger partial charge in [0.25, 0.3) is 0 Å². The van der Waals surface area contributed by atoms with Gasteiger partial charge in [-0.3, -0.25) is 4.98 Å². The van der Waals surface area contributed by atoms with Crippen LogP contribution in [0, 0.1) is 5.82 Å². The average molecular weight is 781 g/mol. The number of thiophene rings is 1. The van der Waals surface area contributed by atoms with Gasteiger partial charge < -0.3 is 14.7 Å². The predicted octanol–water partition coefficient (Wildman–Crippen LogP) is 15.7. The minimum atomic E-state index is -0.276. The van der Waals surface area contributed by atoms with Crippen LogP contribution in [0.4, 0.5) is 55.6 Å². The zero-order chi connectivity index (χ0) is 39.5. The smallest absolute Gasteiger partial charge is 0.123 e. The van der Waals surface area contributed by atoms with Crippen molar-refractivity contribution in [2.75, 3.05) is 14.7 Å². The maximum absolute atomic E-state index is 14.5. The lowest BCUT2D eigenvalue weighted by atomic mass is 10.0. The van der Waals surface area contributed by atoms with Crippen LogP contribution in [0.1, 0.15) is 0 Å². The van der Waals surface area contributed by atoms with Crippen molar-refractivity contribution in [3.8, 4) is 11.1 Å². The number of nitrogens with zero attached hydrogens (tertiary/aromatic N) is 4. The normalized spacial score (nSPS) is 11.1. The average Bonchev–Trinajstić information content (AvgIpc) is 3.67. The van der Waals surface area contributed by atoms with Gasteiger partial charge in [0, 0.05) is 89.3 Å². The second kappa shape index (κ2) is 15.8. The second-order valence-corrected chi connectivity index (χ2v) is 15.4. The number of pyridine rings is 1. The molecule has 10 rings (SSSR count). The van der Waals surface area contributed by atoms with Crippen molar-refractivity contribution >= 4 is 82.7 Å². The van der Waals surface area contributed by atoms with Crippen molar-refractivity contribution in [1.29, 1.82) is 0 Å². The maximum Gasteiger partial charge on any atom is 0.123 e. The molecule has 0 saturated heterocycles. The van der Waals surface area contributed by atoms with Crippen molar-refractivity contribution in [3.05, 3.63) is 231 Å². The van der Waals surface area contributed by atoms with Crippen LogP contribution >= 0.6 is 11.3 Å². The Labute approximate surface area is 346 Å². The second-order valence-electron chi connectivity index (χ2n) is 14.3. The number of hydrogen-bond acceptors (Lipinski definition) is 5. The van der Waals surface area contributed by atoms with Crippen LogP contribution in [0.15, 0.2) is 225 Å².